The standard InChI is InChI=1S/C24H22N6O4S/c1-28(22-20(30(33)34)8-5-13-25-22)27-23(32)19-16-35-24(26-19)18-11-14-29(15-12-18)21(31)10-9-17-6-3-2-4-7-17/h2-8,13,16,18H,11-12,14-15H2,1H3,(H,27,32). The third kappa shape index (κ3) is 5.80. The number of carbonyl (C=O) groups excluding carboxylic acids is 2. The van der Waals surface area contributed by atoms with Gasteiger partial charge < -0.3 is 4.90 Å². The molecule has 0 radical (unpaired) electrons. The summed E-state index contributed by atoms with van der Waals surface area (Å²) in [4.78, 5) is 45.9. The van der Waals surface area contributed by atoms with Gasteiger partial charge in [-0.1, -0.05) is 24.1 Å². The SMILES string of the molecule is CN(NC(=O)c1csc(C2CCN(C(=O)C#Cc3ccccc3)CC2)n1)c1ncccc1[N+](=O)[O-]. The van der Waals surface area contributed by atoms with Crippen LogP contribution in [-0.2, 0) is 4.79 Å². The molecule has 2 aromatic heterocycles. The summed E-state index contributed by atoms with van der Waals surface area (Å²) < 4.78 is 0. The molecule has 2 amide bonds. The van der Waals surface area contributed by atoms with Crippen molar-refractivity contribution in [3.8, 4) is 11.8 Å². The van der Waals surface area contributed by atoms with Gasteiger partial charge in [0.1, 0.15) is 5.69 Å². The molecular weight excluding hydrogens is 468 g/mol. The first-order valence-corrected chi connectivity index (χ1v) is 11.8. The minimum Gasteiger partial charge on any atom is -0.332 e. The molecule has 3 heterocycles. The van der Waals surface area contributed by atoms with E-state index in [4.69, 9.17) is 0 Å². The van der Waals surface area contributed by atoms with Crippen LogP contribution in [0, 0.1) is 22.0 Å². The number of anilines is 1. The van der Waals surface area contributed by atoms with Crippen LogP contribution in [0.4, 0.5) is 11.5 Å². The van der Waals surface area contributed by atoms with Crippen LogP contribution < -0.4 is 10.4 Å². The van der Waals surface area contributed by atoms with Gasteiger partial charge in [0.05, 0.1) is 9.93 Å². The first-order chi connectivity index (χ1) is 16.9. The Hall–Kier alpha value is -4.30. The molecular formula is C24H22N6O4S. The van der Waals surface area contributed by atoms with E-state index in [0.29, 0.717) is 13.1 Å². The first-order valence-electron chi connectivity index (χ1n) is 10.9. The predicted octanol–water partition coefficient (Wildman–Crippen LogP) is 2.99. The molecule has 1 fully saturated rings. The average Bonchev–Trinajstić information content (AvgIpc) is 3.38. The molecule has 1 saturated heterocycles. The Balaban J connectivity index is 1.33. The molecule has 0 bridgehead atoms. The van der Waals surface area contributed by atoms with Crippen molar-refractivity contribution in [3.05, 3.63) is 80.4 Å². The Morgan fingerprint density at radius 3 is 2.66 bits per heavy atom. The fraction of sp³-hybridized carbons (Fsp3) is 0.250. The highest BCUT2D eigenvalue weighted by atomic mass is 32.1. The van der Waals surface area contributed by atoms with E-state index in [9.17, 15) is 19.7 Å². The van der Waals surface area contributed by atoms with E-state index in [2.05, 4.69) is 27.2 Å². The molecule has 35 heavy (non-hydrogen) atoms. The number of piperidine rings is 1. The molecule has 1 aliphatic heterocycles. The van der Waals surface area contributed by atoms with Crippen molar-refractivity contribution in [1.82, 2.24) is 20.3 Å². The van der Waals surface area contributed by atoms with Crippen LogP contribution in [0.15, 0.2) is 54.0 Å². The largest absolute Gasteiger partial charge is 0.332 e. The van der Waals surface area contributed by atoms with Gasteiger partial charge in [0, 0.05) is 55.2 Å². The molecule has 0 atom stereocenters. The predicted molar refractivity (Wildman–Crippen MR) is 131 cm³/mol. The minimum absolute atomic E-state index is 0.0219. The van der Waals surface area contributed by atoms with E-state index < -0.39 is 10.8 Å². The number of aromatic nitrogens is 2. The Morgan fingerprint density at radius 1 is 1.20 bits per heavy atom. The molecule has 11 heteroatoms. The highest BCUT2D eigenvalue weighted by molar-refractivity contribution is 7.09. The van der Waals surface area contributed by atoms with Gasteiger partial charge in [0.15, 0.2) is 0 Å². The van der Waals surface area contributed by atoms with Gasteiger partial charge in [-0.3, -0.25) is 30.1 Å². The van der Waals surface area contributed by atoms with Crippen molar-refractivity contribution >= 4 is 34.7 Å². The molecule has 178 valence electrons. The summed E-state index contributed by atoms with van der Waals surface area (Å²) in [7, 11) is 1.48. The minimum atomic E-state index is -0.559. The number of likely N-dealkylation sites (tertiary alicyclic amines) is 1. The lowest BCUT2D eigenvalue weighted by molar-refractivity contribution is -0.384. The lowest BCUT2D eigenvalue weighted by Gasteiger charge is -2.29. The molecule has 3 aromatic rings. The van der Waals surface area contributed by atoms with Gasteiger partial charge in [0.2, 0.25) is 5.82 Å². The molecule has 0 spiro atoms. The number of carbonyl (C=O) groups is 2. The second-order valence-electron chi connectivity index (χ2n) is 7.86. The second-order valence-corrected chi connectivity index (χ2v) is 8.75. The number of hydrogen-bond acceptors (Lipinski definition) is 8. The highest BCUT2D eigenvalue weighted by Crippen LogP contribution is 2.30. The third-order valence-corrected chi connectivity index (χ3v) is 6.53. The van der Waals surface area contributed by atoms with E-state index in [-0.39, 0.29) is 29.0 Å². The van der Waals surface area contributed by atoms with Gasteiger partial charge >= 0.3 is 5.69 Å². The summed E-state index contributed by atoms with van der Waals surface area (Å²) in [5, 5.41) is 14.9. The maximum absolute atomic E-state index is 12.7. The molecule has 0 unspecified atom stereocenters. The maximum atomic E-state index is 12.7. The maximum Gasteiger partial charge on any atom is 0.313 e. The summed E-state index contributed by atoms with van der Waals surface area (Å²) in [6.07, 6.45) is 2.87. The summed E-state index contributed by atoms with van der Waals surface area (Å²) in [6.45, 7) is 1.14. The van der Waals surface area contributed by atoms with Crippen molar-refractivity contribution in [2.24, 2.45) is 0 Å². The molecule has 4 rings (SSSR count). The number of benzene rings is 1. The summed E-state index contributed by atoms with van der Waals surface area (Å²) in [5.74, 6) is 5.08. The smallest absolute Gasteiger partial charge is 0.313 e. The van der Waals surface area contributed by atoms with Gasteiger partial charge in [-0.2, -0.15) is 0 Å². The number of nitrogens with zero attached hydrogens (tertiary/aromatic N) is 5. The molecule has 1 aliphatic rings. The Kier molecular flexibility index (Phi) is 7.32. The van der Waals surface area contributed by atoms with Crippen molar-refractivity contribution in [2.75, 3.05) is 25.1 Å². The van der Waals surface area contributed by atoms with Crippen LogP contribution in [-0.4, -0.2) is 51.7 Å². The summed E-state index contributed by atoms with van der Waals surface area (Å²) in [6, 6.07) is 12.1. The van der Waals surface area contributed by atoms with E-state index in [1.807, 2.05) is 30.3 Å². The van der Waals surface area contributed by atoms with E-state index in [1.165, 1.54) is 41.7 Å². The zero-order valence-corrected chi connectivity index (χ0v) is 19.7. The number of pyridine rings is 1. The van der Waals surface area contributed by atoms with E-state index >= 15 is 0 Å². The molecule has 10 nitrogen and oxygen atoms in total. The number of nitro groups is 1. The monoisotopic (exact) mass is 490 g/mol. The van der Waals surface area contributed by atoms with Crippen LogP contribution in [0.5, 0.6) is 0 Å². The fourth-order valence-electron chi connectivity index (χ4n) is 3.69. The van der Waals surface area contributed by atoms with E-state index in [0.717, 1.165) is 23.4 Å². The molecule has 1 N–H and O–H groups in total. The van der Waals surface area contributed by atoms with Crippen molar-refractivity contribution in [1.29, 1.82) is 0 Å². The quantitative estimate of drug-likeness (QED) is 0.331. The normalized spacial score (nSPS) is 13.5. The number of amides is 2. The van der Waals surface area contributed by atoms with Crippen molar-refractivity contribution in [2.45, 2.75) is 18.8 Å². The zero-order chi connectivity index (χ0) is 24.8. The number of hydrazine groups is 1. The van der Waals surface area contributed by atoms with E-state index in [1.54, 1.807) is 10.3 Å². The van der Waals surface area contributed by atoms with Crippen LogP contribution in [0.2, 0.25) is 0 Å². The second kappa shape index (κ2) is 10.8. The summed E-state index contributed by atoms with van der Waals surface area (Å²) in [5.41, 5.74) is 3.38. The summed E-state index contributed by atoms with van der Waals surface area (Å²) >= 11 is 1.39. The first kappa shape index (κ1) is 23.8. The molecule has 0 aliphatic carbocycles. The van der Waals surface area contributed by atoms with Crippen LogP contribution in [0.3, 0.4) is 0 Å². The van der Waals surface area contributed by atoms with Gasteiger partial charge in [-0.25, -0.2) is 9.97 Å². The fourth-order valence-corrected chi connectivity index (χ4v) is 4.66. The van der Waals surface area contributed by atoms with Crippen molar-refractivity contribution < 1.29 is 14.5 Å². The lowest BCUT2D eigenvalue weighted by atomic mass is 9.97. The highest BCUT2D eigenvalue weighted by Gasteiger charge is 2.26. The Bertz CT molecular complexity index is 1290. The van der Waals surface area contributed by atoms with Gasteiger partial charge in [-0.05, 0) is 31.0 Å². The molecule has 1 aromatic carbocycles. The average molecular weight is 491 g/mol. The number of hydrogen-bond donors (Lipinski definition) is 1. The van der Waals surface area contributed by atoms with Crippen LogP contribution in [0.25, 0.3) is 0 Å². The number of rotatable bonds is 5. The zero-order valence-electron chi connectivity index (χ0n) is 18.9. The van der Waals surface area contributed by atoms with Crippen LogP contribution in [0.1, 0.15) is 39.8 Å². The Morgan fingerprint density at radius 2 is 1.94 bits per heavy atom. The Labute approximate surface area is 205 Å². The van der Waals surface area contributed by atoms with Crippen molar-refractivity contribution in [3.63, 3.8) is 0 Å². The molecule has 0 saturated carbocycles. The lowest BCUT2D eigenvalue weighted by Crippen LogP contribution is -2.40. The third-order valence-electron chi connectivity index (χ3n) is 5.52. The van der Waals surface area contributed by atoms with Gasteiger partial charge in [-0.15, -0.1) is 11.3 Å². The number of thiazole rings is 1. The number of nitrogens with one attached hydrogen (secondary N) is 1. The van der Waals surface area contributed by atoms with Crippen LogP contribution >= 0.6 is 11.3 Å². The topological polar surface area (TPSA) is 122 Å². The van der Waals surface area contributed by atoms with Gasteiger partial charge in [0.25, 0.3) is 11.8 Å².